The minimum atomic E-state index is -0.788. The molecule has 0 heterocycles. The van der Waals surface area contributed by atoms with Gasteiger partial charge in [0.2, 0.25) is 0 Å². The molecule has 0 atom stereocenters. The zero-order chi connectivity index (χ0) is 16.9. The highest BCUT2D eigenvalue weighted by Crippen LogP contribution is 2.17. The van der Waals surface area contributed by atoms with E-state index in [9.17, 15) is 14.7 Å². The number of carbonyl (C=O) groups excluding carboxylic acids is 2. The summed E-state index contributed by atoms with van der Waals surface area (Å²) in [6.45, 7) is 2.21. The van der Waals surface area contributed by atoms with Crippen LogP contribution in [0.25, 0.3) is 0 Å². The van der Waals surface area contributed by atoms with E-state index >= 15 is 0 Å². The molecular weight excluding hydrogens is 292 g/mol. The zero-order valence-electron chi connectivity index (χ0n) is 14.1. The predicted molar refractivity (Wildman–Crippen MR) is 90.4 cm³/mol. The lowest BCUT2D eigenvalue weighted by Crippen LogP contribution is -2.12. The molecule has 4 nitrogen and oxygen atoms in total. The van der Waals surface area contributed by atoms with Crippen molar-refractivity contribution in [1.82, 2.24) is 0 Å². The largest absolute Gasteiger partial charge is 0.507 e. The minimum absolute atomic E-state index is 0.0212. The number of phenolic OH excluding ortho intramolecular Hbond substituents is 1. The van der Waals surface area contributed by atoms with Gasteiger partial charge in [-0.3, -0.25) is 4.79 Å². The van der Waals surface area contributed by atoms with E-state index in [1.807, 2.05) is 0 Å². The van der Waals surface area contributed by atoms with Gasteiger partial charge in [-0.2, -0.15) is 0 Å². The number of phenols is 1. The highest BCUT2D eigenvalue weighted by Gasteiger charge is 2.15. The van der Waals surface area contributed by atoms with E-state index in [1.165, 1.54) is 50.7 Å². The molecular formula is C19H28O4. The number of aromatic hydroxyl groups is 1. The summed E-state index contributed by atoms with van der Waals surface area (Å²) in [5.41, 5.74) is 0.0212. The lowest BCUT2D eigenvalue weighted by molar-refractivity contribution is -0.138. The molecule has 0 fully saturated rings. The smallest absolute Gasteiger partial charge is 0.349 e. The van der Waals surface area contributed by atoms with E-state index in [4.69, 9.17) is 4.74 Å². The second kappa shape index (κ2) is 11.7. The first-order valence-electron chi connectivity index (χ1n) is 8.68. The van der Waals surface area contributed by atoms with Crippen molar-refractivity contribution in [2.45, 2.75) is 71.1 Å². The van der Waals surface area contributed by atoms with Crippen LogP contribution in [0, 0.1) is 0 Å². The van der Waals surface area contributed by atoms with E-state index in [0.717, 1.165) is 19.3 Å². The second-order valence-electron chi connectivity index (χ2n) is 5.86. The third kappa shape index (κ3) is 8.38. The maximum absolute atomic E-state index is 11.7. The SMILES string of the molecule is CCCCCCCCCCCC(=O)OC(=O)c1ccccc1O. The van der Waals surface area contributed by atoms with Gasteiger partial charge in [0, 0.05) is 6.42 Å². The van der Waals surface area contributed by atoms with Gasteiger partial charge in [0.15, 0.2) is 0 Å². The van der Waals surface area contributed by atoms with Crippen LogP contribution in [0.4, 0.5) is 0 Å². The number of hydrogen-bond acceptors (Lipinski definition) is 4. The van der Waals surface area contributed by atoms with E-state index in [0.29, 0.717) is 0 Å². The monoisotopic (exact) mass is 320 g/mol. The quantitative estimate of drug-likeness (QED) is 0.354. The summed E-state index contributed by atoms with van der Waals surface area (Å²) >= 11 is 0. The van der Waals surface area contributed by atoms with Gasteiger partial charge >= 0.3 is 11.9 Å². The summed E-state index contributed by atoms with van der Waals surface area (Å²) in [5, 5.41) is 9.53. The molecule has 0 aliphatic carbocycles. The van der Waals surface area contributed by atoms with E-state index in [2.05, 4.69) is 6.92 Å². The summed E-state index contributed by atoms with van der Waals surface area (Å²) in [5.74, 6) is -1.49. The van der Waals surface area contributed by atoms with Crippen LogP contribution in [0.5, 0.6) is 5.75 Å². The molecule has 0 radical (unpaired) electrons. The number of rotatable bonds is 11. The van der Waals surface area contributed by atoms with Gasteiger partial charge in [-0.1, -0.05) is 70.4 Å². The van der Waals surface area contributed by atoms with Crippen molar-refractivity contribution in [3.05, 3.63) is 29.8 Å². The van der Waals surface area contributed by atoms with E-state index in [-0.39, 0.29) is 17.7 Å². The van der Waals surface area contributed by atoms with Gasteiger partial charge < -0.3 is 9.84 Å². The lowest BCUT2D eigenvalue weighted by Gasteiger charge is -2.05. The fourth-order valence-electron chi connectivity index (χ4n) is 2.44. The highest BCUT2D eigenvalue weighted by atomic mass is 16.6. The van der Waals surface area contributed by atoms with Gasteiger partial charge in [0.05, 0.1) is 0 Å². The van der Waals surface area contributed by atoms with Crippen LogP contribution < -0.4 is 0 Å². The Morgan fingerprint density at radius 2 is 1.48 bits per heavy atom. The second-order valence-corrected chi connectivity index (χ2v) is 5.86. The van der Waals surface area contributed by atoms with Crippen molar-refractivity contribution in [3.8, 4) is 5.75 Å². The van der Waals surface area contributed by atoms with Crippen molar-refractivity contribution in [1.29, 1.82) is 0 Å². The number of esters is 2. The molecule has 128 valence electrons. The van der Waals surface area contributed by atoms with Gasteiger partial charge in [0.1, 0.15) is 11.3 Å². The highest BCUT2D eigenvalue weighted by molar-refractivity contribution is 5.98. The summed E-state index contributed by atoms with van der Waals surface area (Å²) in [4.78, 5) is 23.4. The van der Waals surface area contributed by atoms with Crippen LogP contribution in [0.15, 0.2) is 24.3 Å². The molecule has 1 rings (SSSR count). The normalized spacial score (nSPS) is 10.5. The Balaban J connectivity index is 2.09. The van der Waals surface area contributed by atoms with Gasteiger partial charge in [0.25, 0.3) is 0 Å². The number of ether oxygens (including phenoxy) is 1. The van der Waals surface area contributed by atoms with Crippen molar-refractivity contribution in [2.24, 2.45) is 0 Å². The molecule has 4 heteroatoms. The van der Waals surface area contributed by atoms with Gasteiger partial charge in [-0.05, 0) is 18.6 Å². The van der Waals surface area contributed by atoms with E-state index < -0.39 is 11.9 Å². The lowest BCUT2D eigenvalue weighted by atomic mass is 10.1. The van der Waals surface area contributed by atoms with Gasteiger partial charge in [-0.15, -0.1) is 0 Å². The summed E-state index contributed by atoms with van der Waals surface area (Å²) < 4.78 is 4.75. The van der Waals surface area contributed by atoms with Crippen LogP contribution in [0.3, 0.4) is 0 Å². The Kier molecular flexibility index (Phi) is 9.76. The van der Waals surface area contributed by atoms with Crippen molar-refractivity contribution >= 4 is 11.9 Å². The maximum Gasteiger partial charge on any atom is 0.349 e. The topological polar surface area (TPSA) is 63.6 Å². The third-order valence-corrected chi connectivity index (χ3v) is 3.81. The Morgan fingerprint density at radius 1 is 0.913 bits per heavy atom. The predicted octanol–water partition coefficient (Wildman–Crippen LogP) is 5.00. The molecule has 23 heavy (non-hydrogen) atoms. The molecule has 1 aromatic carbocycles. The number of hydrogen-bond donors (Lipinski definition) is 1. The molecule has 0 amide bonds. The molecule has 0 spiro atoms. The van der Waals surface area contributed by atoms with Crippen LogP contribution in [0.1, 0.15) is 81.5 Å². The van der Waals surface area contributed by atoms with Crippen LogP contribution in [0.2, 0.25) is 0 Å². The van der Waals surface area contributed by atoms with Crippen molar-refractivity contribution < 1.29 is 19.4 Å². The Morgan fingerprint density at radius 3 is 2.09 bits per heavy atom. The number of unbranched alkanes of at least 4 members (excludes halogenated alkanes) is 8. The van der Waals surface area contributed by atoms with Gasteiger partial charge in [-0.25, -0.2) is 4.79 Å². The Bertz CT molecular complexity index is 482. The zero-order valence-corrected chi connectivity index (χ0v) is 14.1. The van der Waals surface area contributed by atoms with E-state index in [1.54, 1.807) is 12.1 Å². The first-order chi connectivity index (χ1) is 11.1. The Hall–Kier alpha value is -1.84. The number of para-hydroxylation sites is 1. The molecule has 1 N–H and O–H groups in total. The number of benzene rings is 1. The molecule has 0 aliphatic heterocycles. The summed E-state index contributed by atoms with van der Waals surface area (Å²) in [6, 6.07) is 6.04. The van der Waals surface area contributed by atoms with Crippen LogP contribution in [-0.4, -0.2) is 17.0 Å². The third-order valence-electron chi connectivity index (χ3n) is 3.81. The van der Waals surface area contributed by atoms with Crippen LogP contribution >= 0.6 is 0 Å². The molecule has 0 bridgehead atoms. The molecule has 0 unspecified atom stereocenters. The average Bonchev–Trinajstić information content (AvgIpc) is 2.53. The molecule has 0 aromatic heterocycles. The standard InChI is InChI=1S/C19H28O4/c1-2-3-4-5-6-7-8-9-10-15-18(21)23-19(22)16-13-11-12-14-17(16)20/h11-14,20H,2-10,15H2,1H3. The first kappa shape index (κ1) is 19.2. The average molecular weight is 320 g/mol. The van der Waals surface area contributed by atoms with Crippen molar-refractivity contribution in [3.63, 3.8) is 0 Å². The molecule has 0 saturated heterocycles. The fourth-order valence-corrected chi connectivity index (χ4v) is 2.44. The first-order valence-corrected chi connectivity index (χ1v) is 8.68. The summed E-state index contributed by atoms with van der Waals surface area (Å²) in [6.07, 6.45) is 10.7. The summed E-state index contributed by atoms with van der Waals surface area (Å²) in [7, 11) is 0. The Labute approximate surface area is 138 Å². The minimum Gasteiger partial charge on any atom is -0.507 e. The molecule has 1 aromatic rings. The van der Waals surface area contributed by atoms with Crippen LogP contribution in [-0.2, 0) is 9.53 Å². The fraction of sp³-hybridized carbons (Fsp3) is 0.579. The molecule has 0 saturated carbocycles. The van der Waals surface area contributed by atoms with Crippen molar-refractivity contribution in [2.75, 3.05) is 0 Å². The molecule has 0 aliphatic rings. The maximum atomic E-state index is 11.7. The number of carbonyl (C=O) groups is 2.